The highest BCUT2D eigenvalue weighted by Crippen LogP contribution is 2.22. The maximum absolute atomic E-state index is 13.1. The Labute approximate surface area is 160 Å². The second-order valence-electron chi connectivity index (χ2n) is 7.53. The van der Waals surface area contributed by atoms with Crippen LogP contribution in [0.2, 0.25) is 0 Å². The van der Waals surface area contributed by atoms with Gasteiger partial charge < -0.3 is 14.6 Å². The number of halogens is 1. The minimum absolute atomic E-state index is 0.219. The first-order valence-electron chi connectivity index (χ1n) is 9.50. The minimum Gasteiger partial charge on any atom is -0.451 e. The lowest BCUT2D eigenvalue weighted by molar-refractivity contribution is 0.0777. The number of carbonyl (C=O) groups is 1. The van der Waals surface area contributed by atoms with Gasteiger partial charge in [-0.15, -0.1) is 0 Å². The van der Waals surface area contributed by atoms with Crippen molar-refractivity contribution in [3.8, 4) is 11.3 Å². The normalized spacial score (nSPS) is 17.2. The molecule has 6 heteroatoms. The summed E-state index contributed by atoms with van der Waals surface area (Å²) < 4.78 is 18.7. The zero-order chi connectivity index (χ0) is 19.4. The number of piperazine rings is 1. The molecule has 146 valence electrons. The Morgan fingerprint density at radius 2 is 1.78 bits per heavy atom. The average molecular weight is 373 g/mol. The first-order valence-corrected chi connectivity index (χ1v) is 9.50. The highest BCUT2D eigenvalue weighted by molar-refractivity contribution is 5.92. The van der Waals surface area contributed by atoms with Crippen molar-refractivity contribution in [1.29, 1.82) is 0 Å². The Morgan fingerprint density at radius 3 is 2.41 bits per heavy atom. The smallest absolute Gasteiger partial charge is 0.287 e. The molecule has 0 radical (unpaired) electrons. The summed E-state index contributed by atoms with van der Waals surface area (Å²) in [7, 11) is 2.14. The number of carbonyl (C=O) groups excluding carboxylic acids is 1. The van der Waals surface area contributed by atoms with Gasteiger partial charge in [0.25, 0.3) is 5.91 Å². The maximum atomic E-state index is 13.1. The van der Waals surface area contributed by atoms with E-state index in [1.807, 2.05) is 0 Å². The highest BCUT2D eigenvalue weighted by atomic mass is 19.1. The molecule has 5 nitrogen and oxygen atoms in total. The molecule has 0 aliphatic carbocycles. The van der Waals surface area contributed by atoms with Crippen molar-refractivity contribution < 1.29 is 13.6 Å². The third-order valence-electron chi connectivity index (χ3n) is 5.21. The number of hydrogen-bond donors (Lipinski definition) is 1. The molecule has 1 saturated heterocycles. The van der Waals surface area contributed by atoms with Gasteiger partial charge in [-0.25, -0.2) is 4.39 Å². The Hall–Kier alpha value is -2.18. The molecular formula is C21H28FN3O2. The van der Waals surface area contributed by atoms with Gasteiger partial charge in [0.1, 0.15) is 11.6 Å². The van der Waals surface area contributed by atoms with Crippen molar-refractivity contribution in [2.24, 2.45) is 5.92 Å². The molecule has 1 N–H and O–H groups in total. The van der Waals surface area contributed by atoms with Gasteiger partial charge in [-0.05, 0) is 49.4 Å². The topological polar surface area (TPSA) is 48.7 Å². The molecule has 1 aromatic heterocycles. The fraction of sp³-hybridized carbons (Fsp3) is 0.476. The van der Waals surface area contributed by atoms with E-state index in [1.54, 1.807) is 24.3 Å². The summed E-state index contributed by atoms with van der Waals surface area (Å²) in [5, 5.41) is 3.01. The van der Waals surface area contributed by atoms with Crippen LogP contribution < -0.4 is 5.32 Å². The van der Waals surface area contributed by atoms with E-state index in [0.29, 0.717) is 24.3 Å². The summed E-state index contributed by atoms with van der Waals surface area (Å²) in [5.74, 6) is 0.755. The van der Waals surface area contributed by atoms with Crippen LogP contribution >= 0.6 is 0 Å². The Kier molecular flexibility index (Phi) is 6.29. The highest BCUT2D eigenvalue weighted by Gasteiger charge is 2.25. The van der Waals surface area contributed by atoms with Crippen LogP contribution in [0.3, 0.4) is 0 Å². The quantitative estimate of drug-likeness (QED) is 0.845. The van der Waals surface area contributed by atoms with E-state index in [-0.39, 0.29) is 17.5 Å². The van der Waals surface area contributed by atoms with Gasteiger partial charge in [0.05, 0.1) is 0 Å². The molecule has 1 aliphatic rings. The van der Waals surface area contributed by atoms with Gasteiger partial charge in [0.2, 0.25) is 0 Å². The van der Waals surface area contributed by atoms with E-state index in [1.165, 1.54) is 12.1 Å². The number of rotatable bonds is 6. The predicted molar refractivity (Wildman–Crippen MR) is 104 cm³/mol. The van der Waals surface area contributed by atoms with E-state index in [9.17, 15) is 9.18 Å². The lowest BCUT2D eigenvalue weighted by Crippen LogP contribution is -2.54. The number of likely N-dealkylation sites (N-methyl/N-ethyl adjacent to an activating group) is 1. The molecule has 0 spiro atoms. The number of furan rings is 1. The van der Waals surface area contributed by atoms with Crippen molar-refractivity contribution in [3.05, 3.63) is 48.0 Å². The molecule has 1 aliphatic heterocycles. The van der Waals surface area contributed by atoms with Crippen LogP contribution in [-0.2, 0) is 0 Å². The molecule has 2 heterocycles. The van der Waals surface area contributed by atoms with E-state index in [4.69, 9.17) is 4.42 Å². The number of amides is 1. The van der Waals surface area contributed by atoms with Crippen LogP contribution in [-0.4, -0.2) is 61.5 Å². The fourth-order valence-electron chi connectivity index (χ4n) is 3.45. The summed E-state index contributed by atoms with van der Waals surface area (Å²) >= 11 is 0. The SMILES string of the molecule is CC(C)C(CNC(=O)c1ccc(-c2ccc(F)cc2)o1)N1CCN(C)CC1. The zero-order valence-corrected chi connectivity index (χ0v) is 16.2. The van der Waals surface area contributed by atoms with E-state index in [0.717, 1.165) is 31.7 Å². The number of nitrogens with one attached hydrogen (secondary N) is 1. The zero-order valence-electron chi connectivity index (χ0n) is 16.2. The third-order valence-corrected chi connectivity index (χ3v) is 5.21. The number of nitrogens with zero attached hydrogens (tertiary/aromatic N) is 2. The monoisotopic (exact) mass is 373 g/mol. The van der Waals surface area contributed by atoms with Gasteiger partial charge in [0.15, 0.2) is 5.76 Å². The number of hydrogen-bond acceptors (Lipinski definition) is 4. The van der Waals surface area contributed by atoms with Gasteiger partial charge in [-0.1, -0.05) is 13.8 Å². The minimum atomic E-state index is -0.299. The first kappa shape index (κ1) is 19.6. The largest absolute Gasteiger partial charge is 0.451 e. The molecule has 1 atom stereocenters. The van der Waals surface area contributed by atoms with Gasteiger partial charge in [-0.2, -0.15) is 0 Å². The average Bonchev–Trinajstić information content (AvgIpc) is 3.14. The van der Waals surface area contributed by atoms with Gasteiger partial charge >= 0.3 is 0 Å². The van der Waals surface area contributed by atoms with E-state index >= 15 is 0 Å². The number of benzene rings is 1. The molecule has 1 unspecified atom stereocenters. The lowest BCUT2D eigenvalue weighted by Gasteiger charge is -2.39. The molecule has 2 aromatic rings. The van der Waals surface area contributed by atoms with Crippen LogP contribution in [0.5, 0.6) is 0 Å². The third kappa shape index (κ3) is 4.96. The summed E-state index contributed by atoms with van der Waals surface area (Å²) in [6.07, 6.45) is 0. The predicted octanol–water partition coefficient (Wildman–Crippen LogP) is 3.09. The summed E-state index contributed by atoms with van der Waals surface area (Å²) in [4.78, 5) is 17.3. The van der Waals surface area contributed by atoms with Crippen LogP contribution in [0.4, 0.5) is 4.39 Å². The van der Waals surface area contributed by atoms with Crippen LogP contribution in [0.1, 0.15) is 24.4 Å². The summed E-state index contributed by atoms with van der Waals surface area (Å²) in [6, 6.07) is 9.73. The van der Waals surface area contributed by atoms with Crippen molar-refractivity contribution >= 4 is 5.91 Å². The fourth-order valence-corrected chi connectivity index (χ4v) is 3.45. The van der Waals surface area contributed by atoms with Crippen molar-refractivity contribution in [1.82, 2.24) is 15.1 Å². The van der Waals surface area contributed by atoms with E-state index < -0.39 is 0 Å². The molecular weight excluding hydrogens is 345 g/mol. The molecule has 3 rings (SSSR count). The second-order valence-corrected chi connectivity index (χ2v) is 7.53. The molecule has 0 saturated carbocycles. The standard InChI is InChI=1S/C21H28FN3O2/c1-15(2)18(25-12-10-24(3)11-13-25)14-23-21(26)20-9-8-19(27-20)16-4-6-17(22)7-5-16/h4-9,15,18H,10-14H2,1-3H3,(H,23,26). The summed E-state index contributed by atoms with van der Waals surface area (Å²) in [6.45, 7) is 9.11. The van der Waals surface area contributed by atoms with Crippen LogP contribution in [0.15, 0.2) is 40.8 Å². The van der Waals surface area contributed by atoms with Gasteiger partial charge in [-0.3, -0.25) is 9.69 Å². The second kappa shape index (κ2) is 8.67. The van der Waals surface area contributed by atoms with Crippen molar-refractivity contribution in [3.63, 3.8) is 0 Å². The molecule has 1 aromatic carbocycles. The Balaban J connectivity index is 1.60. The Bertz CT molecular complexity index is 749. The van der Waals surface area contributed by atoms with Gasteiger partial charge in [0, 0.05) is 44.3 Å². The van der Waals surface area contributed by atoms with Crippen LogP contribution in [0, 0.1) is 11.7 Å². The molecule has 1 fully saturated rings. The molecule has 27 heavy (non-hydrogen) atoms. The summed E-state index contributed by atoms with van der Waals surface area (Å²) in [5.41, 5.74) is 0.743. The van der Waals surface area contributed by atoms with Crippen molar-refractivity contribution in [2.75, 3.05) is 39.8 Å². The molecule has 0 bridgehead atoms. The molecule has 1 amide bonds. The Morgan fingerprint density at radius 1 is 1.11 bits per heavy atom. The lowest BCUT2D eigenvalue weighted by atomic mass is 10.0. The maximum Gasteiger partial charge on any atom is 0.287 e. The van der Waals surface area contributed by atoms with Crippen molar-refractivity contribution in [2.45, 2.75) is 19.9 Å². The van der Waals surface area contributed by atoms with E-state index in [2.05, 4.69) is 36.0 Å². The van der Waals surface area contributed by atoms with Crippen LogP contribution in [0.25, 0.3) is 11.3 Å². The first-order chi connectivity index (χ1) is 12.9.